The number of hydrogen-bond donors (Lipinski definition) is 2. The molecule has 0 bridgehead atoms. The van der Waals surface area contributed by atoms with Gasteiger partial charge >= 0.3 is 5.97 Å². The molecular weight excluding hydrogens is 334 g/mol. The molecule has 128 valence electrons. The lowest BCUT2D eigenvalue weighted by molar-refractivity contribution is -0.140. The average molecular weight is 351 g/mol. The van der Waals surface area contributed by atoms with Gasteiger partial charge in [-0.05, 0) is 13.8 Å². The number of thiazole rings is 1. The second-order valence-electron chi connectivity index (χ2n) is 5.03. The van der Waals surface area contributed by atoms with Gasteiger partial charge in [0.15, 0.2) is 11.0 Å². The van der Waals surface area contributed by atoms with E-state index in [-0.39, 0.29) is 18.8 Å². The largest absolute Gasteiger partial charge is 0.480 e. The minimum Gasteiger partial charge on any atom is -0.480 e. The van der Waals surface area contributed by atoms with E-state index in [9.17, 15) is 14.4 Å². The van der Waals surface area contributed by atoms with E-state index in [1.165, 1.54) is 21.8 Å². The summed E-state index contributed by atoms with van der Waals surface area (Å²) >= 11 is 1.34. The van der Waals surface area contributed by atoms with Crippen molar-refractivity contribution in [3.63, 3.8) is 0 Å². The number of carboxylic acid groups (broad SMARTS) is 1. The van der Waals surface area contributed by atoms with Crippen molar-refractivity contribution in [1.29, 1.82) is 0 Å². The van der Waals surface area contributed by atoms with Crippen molar-refractivity contribution in [2.24, 2.45) is 0 Å². The van der Waals surface area contributed by atoms with Crippen molar-refractivity contribution < 1.29 is 19.4 Å². The van der Waals surface area contributed by atoms with Gasteiger partial charge < -0.3 is 15.2 Å². The summed E-state index contributed by atoms with van der Waals surface area (Å²) in [6.45, 7) is 6.98. The number of amides is 1. The highest BCUT2D eigenvalue weighted by molar-refractivity contribution is 7.17. The summed E-state index contributed by atoms with van der Waals surface area (Å²) in [5, 5.41) is 11.4. The molecule has 24 heavy (non-hydrogen) atoms. The van der Waals surface area contributed by atoms with Gasteiger partial charge in [0.25, 0.3) is 11.5 Å². The van der Waals surface area contributed by atoms with Crippen LogP contribution in [0.5, 0.6) is 0 Å². The molecule has 2 heterocycles. The average Bonchev–Trinajstić information content (AvgIpc) is 2.82. The molecule has 2 N–H and O–H groups in total. The summed E-state index contributed by atoms with van der Waals surface area (Å²) in [7, 11) is 0. The van der Waals surface area contributed by atoms with Gasteiger partial charge in [0, 0.05) is 16.8 Å². The van der Waals surface area contributed by atoms with Crippen molar-refractivity contribution in [1.82, 2.24) is 14.7 Å². The van der Waals surface area contributed by atoms with E-state index in [1.807, 2.05) is 6.92 Å². The molecule has 2 rings (SSSR count). The lowest BCUT2D eigenvalue weighted by atomic mass is 10.2. The first-order valence-electron chi connectivity index (χ1n) is 7.06. The summed E-state index contributed by atoms with van der Waals surface area (Å²) in [6.07, 6.45) is 2.62. The van der Waals surface area contributed by atoms with Crippen molar-refractivity contribution in [2.45, 2.75) is 19.9 Å². The Labute approximate surface area is 141 Å². The van der Waals surface area contributed by atoms with Crippen molar-refractivity contribution in [3.05, 3.63) is 45.3 Å². The first-order chi connectivity index (χ1) is 11.4. The van der Waals surface area contributed by atoms with Crippen LogP contribution in [-0.2, 0) is 9.53 Å². The van der Waals surface area contributed by atoms with Gasteiger partial charge in [-0.2, -0.15) is 0 Å². The summed E-state index contributed by atoms with van der Waals surface area (Å²) < 4.78 is 6.40. The highest BCUT2D eigenvalue weighted by Gasteiger charge is 2.23. The van der Waals surface area contributed by atoms with E-state index in [4.69, 9.17) is 9.84 Å². The fourth-order valence-electron chi connectivity index (χ4n) is 2.01. The standard InChI is InChI=1S/C15H17N3O5S/c1-4-5-23-7-11(14(21)22)17-12(19)10-6-16-15-18(13(10)20)8(2)9(3)24-15/h4,6,11H,1,5,7H2,2-3H3,(H,17,19)(H,21,22). The monoisotopic (exact) mass is 351 g/mol. The van der Waals surface area contributed by atoms with Gasteiger partial charge in [0.05, 0.1) is 13.2 Å². The van der Waals surface area contributed by atoms with E-state index < -0.39 is 23.5 Å². The number of fused-ring (bicyclic) bond motifs is 1. The molecule has 9 heteroatoms. The SMILES string of the molecule is C=CCOCC(NC(=O)c1cnc2sc(C)c(C)n2c1=O)C(=O)O. The Morgan fingerprint density at radius 1 is 1.54 bits per heavy atom. The highest BCUT2D eigenvalue weighted by Crippen LogP contribution is 2.18. The molecule has 2 aromatic heterocycles. The van der Waals surface area contributed by atoms with Crippen LogP contribution < -0.4 is 10.9 Å². The number of nitrogens with one attached hydrogen (secondary N) is 1. The molecule has 0 saturated heterocycles. The minimum atomic E-state index is -1.28. The predicted octanol–water partition coefficient (Wildman–Crippen LogP) is 0.758. The number of carbonyl (C=O) groups excluding carboxylic acids is 1. The number of aromatic nitrogens is 2. The van der Waals surface area contributed by atoms with Crippen LogP contribution in [-0.4, -0.2) is 45.6 Å². The summed E-state index contributed by atoms with van der Waals surface area (Å²) in [4.78, 5) is 41.5. The minimum absolute atomic E-state index is 0.156. The number of ether oxygens (including phenoxy) is 1. The third-order valence-corrected chi connectivity index (χ3v) is 4.46. The number of nitrogens with zero attached hydrogens (tertiary/aromatic N) is 2. The number of aryl methyl sites for hydroxylation is 2. The Hall–Kier alpha value is -2.52. The van der Waals surface area contributed by atoms with Crippen molar-refractivity contribution >= 4 is 28.2 Å². The molecule has 1 amide bonds. The predicted molar refractivity (Wildman–Crippen MR) is 88.7 cm³/mol. The maximum Gasteiger partial charge on any atom is 0.328 e. The molecule has 0 saturated carbocycles. The molecule has 1 unspecified atom stereocenters. The second kappa shape index (κ2) is 7.37. The number of carboxylic acids is 1. The maximum absolute atomic E-state index is 12.5. The van der Waals surface area contributed by atoms with Gasteiger partial charge in [-0.25, -0.2) is 9.78 Å². The second-order valence-corrected chi connectivity index (χ2v) is 6.21. The third-order valence-electron chi connectivity index (χ3n) is 3.39. The molecule has 1 atom stereocenters. The first kappa shape index (κ1) is 17.8. The van der Waals surface area contributed by atoms with Gasteiger partial charge in [-0.15, -0.1) is 17.9 Å². The summed E-state index contributed by atoms with van der Waals surface area (Å²) in [5.74, 6) is -2.07. The Morgan fingerprint density at radius 3 is 2.88 bits per heavy atom. The van der Waals surface area contributed by atoms with E-state index in [2.05, 4.69) is 16.9 Å². The molecule has 8 nitrogen and oxygen atoms in total. The zero-order valence-electron chi connectivity index (χ0n) is 13.2. The molecule has 0 aliphatic carbocycles. The number of aliphatic carboxylic acids is 1. The molecule has 0 spiro atoms. The van der Waals surface area contributed by atoms with Crippen molar-refractivity contribution in [3.8, 4) is 0 Å². The van der Waals surface area contributed by atoms with Gasteiger partial charge in [-0.1, -0.05) is 6.08 Å². The van der Waals surface area contributed by atoms with E-state index >= 15 is 0 Å². The van der Waals surface area contributed by atoms with Crippen LogP contribution in [0.15, 0.2) is 23.6 Å². The van der Waals surface area contributed by atoms with Crippen molar-refractivity contribution in [2.75, 3.05) is 13.2 Å². The zero-order valence-corrected chi connectivity index (χ0v) is 14.1. The van der Waals surface area contributed by atoms with Crippen LogP contribution in [0.4, 0.5) is 0 Å². The lowest BCUT2D eigenvalue weighted by Gasteiger charge is -2.14. The normalized spacial score (nSPS) is 12.1. The Balaban J connectivity index is 2.28. The smallest absolute Gasteiger partial charge is 0.328 e. The molecule has 2 aromatic rings. The molecular formula is C15H17N3O5S. The number of hydrogen-bond acceptors (Lipinski definition) is 6. The highest BCUT2D eigenvalue weighted by atomic mass is 32.1. The molecule has 0 aliphatic rings. The topological polar surface area (TPSA) is 110 Å². The molecule has 0 radical (unpaired) electrons. The van der Waals surface area contributed by atoms with Crippen LogP contribution in [0.25, 0.3) is 4.96 Å². The Bertz CT molecular complexity index is 855. The maximum atomic E-state index is 12.5. The number of carbonyl (C=O) groups is 2. The lowest BCUT2D eigenvalue weighted by Crippen LogP contribution is -2.45. The van der Waals surface area contributed by atoms with E-state index in [1.54, 1.807) is 6.92 Å². The van der Waals surface area contributed by atoms with E-state index in [0.29, 0.717) is 10.7 Å². The third kappa shape index (κ3) is 3.52. The quantitative estimate of drug-likeness (QED) is 0.563. The van der Waals surface area contributed by atoms with E-state index in [0.717, 1.165) is 11.1 Å². The first-order valence-corrected chi connectivity index (χ1v) is 7.88. The molecule has 0 aromatic carbocycles. The van der Waals surface area contributed by atoms with Gasteiger partial charge in [0.2, 0.25) is 0 Å². The Morgan fingerprint density at radius 2 is 2.25 bits per heavy atom. The van der Waals surface area contributed by atoms with Crippen LogP contribution in [0.1, 0.15) is 20.9 Å². The summed E-state index contributed by atoms with van der Waals surface area (Å²) in [5.41, 5.74) is -0.0508. The number of rotatable bonds is 7. The Kier molecular flexibility index (Phi) is 5.47. The van der Waals surface area contributed by atoms with Crippen LogP contribution >= 0.6 is 11.3 Å². The van der Waals surface area contributed by atoms with Crippen LogP contribution in [0.2, 0.25) is 0 Å². The van der Waals surface area contributed by atoms with Gasteiger partial charge in [-0.3, -0.25) is 14.0 Å². The summed E-state index contributed by atoms with van der Waals surface area (Å²) in [6, 6.07) is -1.28. The van der Waals surface area contributed by atoms with Gasteiger partial charge in [0.1, 0.15) is 5.56 Å². The fourth-order valence-corrected chi connectivity index (χ4v) is 2.94. The molecule has 0 fully saturated rings. The zero-order chi connectivity index (χ0) is 17.9. The fraction of sp³-hybridized carbons (Fsp3) is 0.333. The van der Waals surface area contributed by atoms with Crippen LogP contribution in [0.3, 0.4) is 0 Å². The van der Waals surface area contributed by atoms with Crippen LogP contribution in [0, 0.1) is 13.8 Å². The molecule has 0 aliphatic heterocycles.